The summed E-state index contributed by atoms with van der Waals surface area (Å²) in [6.07, 6.45) is -3.50. The van der Waals surface area contributed by atoms with E-state index in [0.29, 0.717) is 29.6 Å². The molecule has 238 valence electrons. The van der Waals surface area contributed by atoms with Crippen LogP contribution >= 0.6 is 0 Å². The van der Waals surface area contributed by atoms with E-state index in [1.807, 2.05) is 20.8 Å². The van der Waals surface area contributed by atoms with Crippen LogP contribution in [0.1, 0.15) is 78.1 Å². The lowest BCUT2D eigenvalue weighted by Gasteiger charge is -2.57. The van der Waals surface area contributed by atoms with Gasteiger partial charge in [0.15, 0.2) is 12.2 Å². The number of hydrogen-bond donors (Lipinski definition) is 0. The number of rotatable bonds is 6. The molecule has 3 aliphatic carbocycles. The van der Waals surface area contributed by atoms with E-state index in [9.17, 15) is 24.0 Å². The molecule has 2 fully saturated rings. The molecule has 0 spiro atoms. The van der Waals surface area contributed by atoms with E-state index in [2.05, 4.69) is 6.58 Å². The maximum Gasteiger partial charge on any atom is 0.338 e. The molecule has 9 atom stereocenters. The highest BCUT2D eigenvalue weighted by atomic mass is 16.6. The van der Waals surface area contributed by atoms with Gasteiger partial charge in [0, 0.05) is 34.1 Å². The highest BCUT2D eigenvalue weighted by Gasteiger charge is 2.63. The Morgan fingerprint density at radius 1 is 0.773 bits per heavy atom. The molecule has 2 saturated carbocycles. The maximum absolute atomic E-state index is 13.2. The van der Waals surface area contributed by atoms with Crippen molar-refractivity contribution in [3.8, 4) is 0 Å². The minimum absolute atomic E-state index is 0.0584. The molecule has 4 rings (SSSR count). The van der Waals surface area contributed by atoms with Gasteiger partial charge in [-0.1, -0.05) is 38.6 Å². The highest BCUT2D eigenvalue weighted by Crippen LogP contribution is 2.58. The molecule has 44 heavy (non-hydrogen) atoms. The summed E-state index contributed by atoms with van der Waals surface area (Å²) in [5, 5.41) is 0. The number of carbonyl (C=O) groups excluding carboxylic acids is 5. The van der Waals surface area contributed by atoms with Crippen LogP contribution in [-0.4, -0.2) is 60.4 Å². The van der Waals surface area contributed by atoms with Gasteiger partial charge in [0.2, 0.25) is 0 Å². The van der Waals surface area contributed by atoms with Gasteiger partial charge < -0.3 is 23.7 Å². The first kappa shape index (κ1) is 33.0. The Labute approximate surface area is 258 Å². The molecule has 0 amide bonds. The quantitative estimate of drug-likeness (QED) is 0.249. The second kappa shape index (κ2) is 13.0. The number of carbonyl (C=O) groups is 5. The van der Waals surface area contributed by atoms with Crippen molar-refractivity contribution >= 4 is 29.8 Å². The van der Waals surface area contributed by atoms with Crippen molar-refractivity contribution in [2.75, 3.05) is 0 Å². The Bertz CT molecular complexity index is 1360. The van der Waals surface area contributed by atoms with E-state index in [1.165, 1.54) is 27.7 Å². The molecule has 3 aliphatic rings. The molecule has 0 aliphatic heterocycles. The van der Waals surface area contributed by atoms with Gasteiger partial charge >= 0.3 is 29.8 Å². The molecule has 0 aromatic heterocycles. The molecule has 10 nitrogen and oxygen atoms in total. The first-order chi connectivity index (χ1) is 20.6. The van der Waals surface area contributed by atoms with E-state index in [1.54, 1.807) is 30.3 Å². The molecule has 0 N–H and O–H groups in total. The van der Waals surface area contributed by atoms with E-state index in [0.717, 1.165) is 5.57 Å². The third kappa shape index (κ3) is 6.44. The molecular weight excluding hydrogens is 568 g/mol. The summed E-state index contributed by atoms with van der Waals surface area (Å²) in [6, 6.07) is 8.55. The molecule has 1 aromatic carbocycles. The van der Waals surface area contributed by atoms with Crippen molar-refractivity contribution in [1.82, 2.24) is 0 Å². The van der Waals surface area contributed by atoms with Crippen LogP contribution < -0.4 is 0 Å². The normalized spacial score (nSPS) is 33.1. The fraction of sp³-hybridized carbons (Fsp3) is 0.559. The third-order valence-electron chi connectivity index (χ3n) is 9.58. The summed E-state index contributed by atoms with van der Waals surface area (Å²) < 4.78 is 29.7. The van der Waals surface area contributed by atoms with Crippen molar-refractivity contribution in [3.05, 3.63) is 59.2 Å². The molecule has 0 unspecified atom stereocenters. The van der Waals surface area contributed by atoms with Crippen LogP contribution in [-0.2, 0) is 42.9 Å². The summed E-state index contributed by atoms with van der Waals surface area (Å²) in [7, 11) is 0. The second-order valence-electron chi connectivity index (χ2n) is 12.4. The van der Waals surface area contributed by atoms with Crippen LogP contribution in [0.4, 0.5) is 0 Å². The maximum atomic E-state index is 13.2. The van der Waals surface area contributed by atoms with Crippen molar-refractivity contribution in [1.29, 1.82) is 0 Å². The van der Waals surface area contributed by atoms with E-state index in [-0.39, 0.29) is 18.3 Å². The summed E-state index contributed by atoms with van der Waals surface area (Å²) in [5.41, 5.74) is 1.21. The Kier molecular flexibility index (Phi) is 9.71. The van der Waals surface area contributed by atoms with E-state index in [4.69, 9.17) is 23.7 Å². The van der Waals surface area contributed by atoms with Crippen LogP contribution in [0.5, 0.6) is 0 Å². The molecule has 0 radical (unpaired) electrons. The third-order valence-corrected chi connectivity index (χ3v) is 9.58. The monoisotopic (exact) mass is 610 g/mol. The first-order valence-corrected chi connectivity index (χ1v) is 15.0. The number of ether oxygens (including phenoxy) is 5. The molecule has 2 bridgehead atoms. The molecule has 0 saturated heterocycles. The first-order valence-electron chi connectivity index (χ1n) is 15.0. The van der Waals surface area contributed by atoms with Crippen LogP contribution in [0.2, 0.25) is 0 Å². The van der Waals surface area contributed by atoms with Gasteiger partial charge in [0.05, 0.1) is 11.0 Å². The minimum atomic E-state index is -1.15. The van der Waals surface area contributed by atoms with Gasteiger partial charge in [0.25, 0.3) is 0 Å². The van der Waals surface area contributed by atoms with Gasteiger partial charge in [-0.05, 0) is 66.4 Å². The zero-order valence-corrected chi connectivity index (χ0v) is 26.4. The standard InChI is InChI=1S/C34H42O10/c1-17-25-14-26-18(2)28(44-33(39)24-12-10-9-11-13-24)16-29(41-21(5)36)34(26,8)32(43-23(7)38)31(42-22(6)37)30(17)19(3)27(15-25)40-20(4)35/h9-13,17,25-29,31-32H,2,14-16H2,1,3-8H3/t17-,25-,26-,27+,28+,29+,31-,32+,34+/m1/s1. The average molecular weight is 611 g/mol. The lowest BCUT2D eigenvalue weighted by Crippen LogP contribution is -2.63. The van der Waals surface area contributed by atoms with Crippen LogP contribution in [0.25, 0.3) is 0 Å². The molecule has 0 heterocycles. The van der Waals surface area contributed by atoms with Crippen LogP contribution in [0.15, 0.2) is 53.6 Å². The second-order valence-corrected chi connectivity index (χ2v) is 12.4. The zero-order valence-electron chi connectivity index (χ0n) is 26.4. The fourth-order valence-electron chi connectivity index (χ4n) is 7.54. The SMILES string of the molecule is C=C1[C@@H](OC(=O)c2ccccc2)C[C@H](OC(C)=O)[C@]2(C)[C@@H]1C[C@@H]1C[C@H](OC(C)=O)C(C)=C([C@@H](OC(C)=O)[C@@H]2OC(C)=O)[C@@H]1C. The minimum Gasteiger partial charge on any atom is -0.462 e. The summed E-state index contributed by atoms with van der Waals surface area (Å²) >= 11 is 0. The van der Waals surface area contributed by atoms with Gasteiger partial charge in [-0.3, -0.25) is 19.2 Å². The predicted octanol–water partition coefficient (Wildman–Crippen LogP) is 4.90. The Hall–Kier alpha value is -3.95. The van der Waals surface area contributed by atoms with Gasteiger partial charge in [0.1, 0.15) is 18.3 Å². The Morgan fingerprint density at radius 2 is 1.36 bits per heavy atom. The highest BCUT2D eigenvalue weighted by molar-refractivity contribution is 5.89. The number of fused-ring (bicyclic) bond motifs is 3. The van der Waals surface area contributed by atoms with Gasteiger partial charge in [-0.25, -0.2) is 4.79 Å². The fourth-order valence-corrected chi connectivity index (χ4v) is 7.54. The van der Waals surface area contributed by atoms with Crippen LogP contribution in [0, 0.1) is 23.2 Å². The van der Waals surface area contributed by atoms with E-state index < -0.39 is 71.7 Å². The average Bonchev–Trinajstić information content (AvgIpc) is 2.93. The summed E-state index contributed by atoms with van der Waals surface area (Å²) in [6.45, 7) is 15.3. The number of benzene rings is 1. The topological polar surface area (TPSA) is 132 Å². The molecule has 1 aromatic rings. The van der Waals surface area contributed by atoms with E-state index >= 15 is 0 Å². The Balaban J connectivity index is 1.91. The smallest absolute Gasteiger partial charge is 0.338 e. The summed E-state index contributed by atoms with van der Waals surface area (Å²) in [5.74, 6) is -3.58. The van der Waals surface area contributed by atoms with Gasteiger partial charge in [-0.15, -0.1) is 0 Å². The largest absolute Gasteiger partial charge is 0.462 e. The van der Waals surface area contributed by atoms with Crippen LogP contribution in [0.3, 0.4) is 0 Å². The van der Waals surface area contributed by atoms with Crippen molar-refractivity contribution in [2.45, 2.75) is 98.2 Å². The van der Waals surface area contributed by atoms with Crippen molar-refractivity contribution < 1.29 is 47.7 Å². The zero-order chi connectivity index (χ0) is 32.5. The number of hydrogen-bond acceptors (Lipinski definition) is 10. The molecule has 10 heteroatoms. The Morgan fingerprint density at radius 3 is 1.93 bits per heavy atom. The van der Waals surface area contributed by atoms with Crippen molar-refractivity contribution in [2.24, 2.45) is 23.2 Å². The lowest BCUT2D eigenvalue weighted by atomic mass is 9.52. The molecular formula is C34H42O10. The lowest BCUT2D eigenvalue weighted by molar-refractivity contribution is -0.208. The summed E-state index contributed by atoms with van der Waals surface area (Å²) in [4.78, 5) is 63.2. The number of esters is 5. The van der Waals surface area contributed by atoms with Gasteiger partial charge in [-0.2, -0.15) is 0 Å². The predicted molar refractivity (Wildman–Crippen MR) is 158 cm³/mol. The van der Waals surface area contributed by atoms with Crippen molar-refractivity contribution in [3.63, 3.8) is 0 Å².